The second kappa shape index (κ2) is 6.78. The maximum absolute atomic E-state index is 9.78. The molecule has 144 valence electrons. The molecule has 0 saturated heterocycles. The van der Waals surface area contributed by atoms with Gasteiger partial charge in [-0.1, -0.05) is 0 Å². The van der Waals surface area contributed by atoms with Crippen molar-refractivity contribution >= 4 is 0 Å². The zero-order chi connectivity index (χ0) is 19.8. The molecule has 1 unspecified atom stereocenters. The largest absolute Gasteiger partial charge is 0.496 e. The van der Waals surface area contributed by atoms with E-state index in [1.165, 1.54) is 0 Å². The molecular formula is C20H18N2O6. The molecule has 2 heterocycles. The van der Waals surface area contributed by atoms with Gasteiger partial charge >= 0.3 is 0 Å². The van der Waals surface area contributed by atoms with Gasteiger partial charge in [0.05, 0.1) is 27.2 Å². The first-order valence-corrected chi connectivity index (χ1v) is 8.42. The summed E-state index contributed by atoms with van der Waals surface area (Å²) in [6.45, 7) is 0.122. The monoisotopic (exact) mass is 382 g/mol. The number of nitriles is 1. The number of allylic oxidation sites excluding steroid dienone is 1. The van der Waals surface area contributed by atoms with Crippen molar-refractivity contribution in [2.24, 2.45) is 5.73 Å². The van der Waals surface area contributed by atoms with Gasteiger partial charge in [0.25, 0.3) is 0 Å². The summed E-state index contributed by atoms with van der Waals surface area (Å²) in [6.07, 6.45) is 0. The number of methoxy groups -OCH3 is 3. The molecule has 2 aliphatic rings. The van der Waals surface area contributed by atoms with Crippen LogP contribution in [0.5, 0.6) is 34.5 Å². The molecule has 28 heavy (non-hydrogen) atoms. The molecule has 2 aliphatic heterocycles. The molecule has 8 heteroatoms. The van der Waals surface area contributed by atoms with Gasteiger partial charge in [-0.2, -0.15) is 5.26 Å². The topological polar surface area (TPSA) is 105 Å². The van der Waals surface area contributed by atoms with E-state index in [4.69, 9.17) is 34.2 Å². The highest BCUT2D eigenvalue weighted by Gasteiger charge is 2.35. The highest BCUT2D eigenvalue weighted by molar-refractivity contribution is 5.65. The Morgan fingerprint density at radius 1 is 0.893 bits per heavy atom. The third-order valence-corrected chi connectivity index (χ3v) is 4.76. The van der Waals surface area contributed by atoms with Crippen molar-refractivity contribution < 1.29 is 28.4 Å². The van der Waals surface area contributed by atoms with E-state index < -0.39 is 5.92 Å². The Bertz CT molecular complexity index is 1020. The number of hydrogen-bond acceptors (Lipinski definition) is 8. The molecular weight excluding hydrogens is 364 g/mol. The van der Waals surface area contributed by atoms with Crippen LogP contribution in [0.25, 0.3) is 0 Å². The van der Waals surface area contributed by atoms with Gasteiger partial charge in [0, 0.05) is 23.3 Å². The average molecular weight is 382 g/mol. The zero-order valence-electron chi connectivity index (χ0n) is 15.6. The number of fused-ring (bicyclic) bond motifs is 2. The van der Waals surface area contributed by atoms with Crippen LogP contribution in [-0.2, 0) is 0 Å². The Hall–Kier alpha value is -3.73. The van der Waals surface area contributed by atoms with Crippen LogP contribution in [0.15, 0.2) is 35.7 Å². The van der Waals surface area contributed by atoms with E-state index in [0.29, 0.717) is 45.6 Å². The Morgan fingerprint density at radius 3 is 2.18 bits per heavy atom. The van der Waals surface area contributed by atoms with E-state index in [1.54, 1.807) is 45.6 Å². The van der Waals surface area contributed by atoms with Gasteiger partial charge in [-0.15, -0.1) is 0 Å². The summed E-state index contributed by atoms with van der Waals surface area (Å²) >= 11 is 0. The van der Waals surface area contributed by atoms with Gasteiger partial charge in [0.1, 0.15) is 23.1 Å². The second-order valence-corrected chi connectivity index (χ2v) is 6.12. The minimum Gasteiger partial charge on any atom is -0.496 e. The molecule has 2 aromatic carbocycles. The molecule has 1 atom stereocenters. The second-order valence-electron chi connectivity index (χ2n) is 6.12. The van der Waals surface area contributed by atoms with Crippen molar-refractivity contribution in [3.63, 3.8) is 0 Å². The van der Waals surface area contributed by atoms with Crippen LogP contribution < -0.4 is 34.2 Å². The predicted octanol–water partition coefficient (Wildman–Crippen LogP) is 2.66. The molecule has 0 spiro atoms. The summed E-state index contributed by atoms with van der Waals surface area (Å²) < 4.78 is 33.0. The summed E-state index contributed by atoms with van der Waals surface area (Å²) in [5.74, 6) is 2.64. The number of nitrogens with two attached hydrogens (primary N) is 1. The van der Waals surface area contributed by atoms with E-state index in [1.807, 2.05) is 0 Å². The third kappa shape index (κ3) is 2.60. The molecule has 0 aliphatic carbocycles. The van der Waals surface area contributed by atoms with Gasteiger partial charge < -0.3 is 34.2 Å². The van der Waals surface area contributed by atoms with Gasteiger partial charge in [-0.25, -0.2) is 0 Å². The molecule has 0 amide bonds. The van der Waals surface area contributed by atoms with Crippen LogP contribution in [0.4, 0.5) is 0 Å². The third-order valence-electron chi connectivity index (χ3n) is 4.76. The van der Waals surface area contributed by atoms with Crippen molar-refractivity contribution in [3.8, 4) is 40.6 Å². The summed E-state index contributed by atoms with van der Waals surface area (Å²) in [6, 6.07) is 9.14. The van der Waals surface area contributed by atoms with E-state index >= 15 is 0 Å². The van der Waals surface area contributed by atoms with Crippen LogP contribution in [0.3, 0.4) is 0 Å². The minimum absolute atomic E-state index is 0.0238. The fraction of sp³-hybridized carbons (Fsp3) is 0.250. The van der Waals surface area contributed by atoms with Gasteiger partial charge in [0.15, 0.2) is 23.0 Å². The van der Waals surface area contributed by atoms with Gasteiger partial charge in [-0.3, -0.25) is 0 Å². The van der Waals surface area contributed by atoms with Crippen molar-refractivity contribution in [1.29, 1.82) is 5.26 Å². The maximum Gasteiger partial charge on any atom is 0.231 e. The molecule has 0 saturated carbocycles. The lowest BCUT2D eigenvalue weighted by Crippen LogP contribution is -2.21. The van der Waals surface area contributed by atoms with Crippen molar-refractivity contribution in [2.75, 3.05) is 28.1 Å². The normalized spacial score (nSPS) is 16.7. The van der Waals surface area contributed by atoms with Crippen LogP contribution in [0.2, 0.25) is 0 Å². The number of rotatable bonds is 4. The van der Waals surface area contributed by atoms with Crippen LogP contribution >= 0.6 is 0 Å². The highest BCUT2D eigenvalue weighted by atomic mass is 16.7. The number of nitrogens with zero attached hydrogens (tertiary/aromatic N) is 1. The minimum atomic E-state index is -0.544. The summed E-state index contributed by atoms with van der Waals surface area (Å²) in [5.41, 5.74) is 7.71. The fourth-order valence-corrected chi connectivity index (χ4v) is 3.45. The van der Waals surface area contributed by atoms with Crippen molar-refractivity contribution in [2.45, 2.75) is 5.92 Å². The lowest BCUT2D eigenvalue weighted by molar-refractivity contribution is 0.174. The smallest absolute Gasteiger partial charge is 0.231 e. The van der Waals surface area contributed by atoms with E-state index in [2.05, 4.69) is 6.07 Å². The van der Waals surface area contributed by atoms with Crippen LogP contribution in [0, 0.1) is 11.3 Å². The molecule has 2 aromatic rings. The predicted molar refractivity (Wildman–Crippen MR) is 98.0 cm³/mol. The summed E-state index contributed by atoms with van der Waals surface area (Å²) in [5, 5.41) is 9.78. The molecule has 0 aromatic heterocycles. The van der Waals surface area contributed by atoms with Crippen LogP contribution in [0.1, 0.15) is 17.0 Å². The number of ether oxygens (including phenoxy) is 6. The molecule has 0 bridgehead atoms. The molecule has 2 N–H and O–H groups in total. The summed E-state index contributed by atoms with van der Waals surface area (Å²) in [4.78, 5) is 0. The average Bonchev–Trinajstić information content (AvgIpc) is 3.17. The Balaban J connectivity index is 1.97. The van der Waals surface area contributed by atoms with E-state index in [0.717, 1.165) is 0 Å². The quantitative estimate of drug-likeness (QED) is 0.860. The Labute approximate surface area is 161 Å². The first kappa shape index (κ1) is 17.7. The fourth-order valence-electron chi connectivity index (χ4n) is 3.45. The van der Waals surface area contributed by atoms with E-state index in [-0.39, 0.29) is 18.2 Å². The SMILES string of the molecule is COc1cc(OC)c(C2C(C#N)=C(N)Oc3cc4c(cc32)OCO4)cc1OC. The van der Waals surface area contributed by atoms with E-state index in [9.17, 15) is 5.26 Å². The molecule has 8 nitrogen and oxygen atoms in total. The summed E-state index contributed by atoms with van der Waals surface area (Å²) in [7, 11) is 4.63. The molecule has 0 fully saturated rings. The Kier molecular flexibility index (Phi) is 4.28. The molecule has 4 rings (SSSR count). The molecule has 0 radical (unpaired) electrons. The Morgan fingerprint density at radius 2 is 1.54 bits per heavy atom. The lowest BCUT2D eigenvalue weighted by Gasteiger charge is -2.28. The van der Waals surface area contributed by atoms with Crippen molar-refractivity contribution in [3.05, 3.63) is 46.8 Å². The maximum atomic E-state index is 9.78. The van der Waals surface area contributed by atoms with Gasteiger partial charge in [-0.05, 0) is 12.1 Å². The highest BCUT2D eigenvalue weighted by Crippen LogP contribution is 2.51. The number of hydrogen-bond donors (Lipinski definition) is 1. The first-order chi connectivity index (χ1) is 13.6. The lowest BCUT2D eigenvalue weighted by atomic mass is 9.82. The number of benzene rings is 2. The van der Waals surface area contributed by atoms with Gasteiger partial charge in [0.2, 0.25) is 12.7 Å². The standard InChI is InChI=1S/C20H18N2O6/c1-23-13-6-16(25-3)15(24-2)4-10(13)19-11-5-17-18(27-9-26-17)7-14(11)28-20(22)12(19)8-21/h4-7,19H,9,22H2,1-3H3. The van der Waals surface area contributed by atoms with Crippen molar-refractivity contribution in [1.82, 2.24) is 0 Å². The zero-order valence-corrected chi connectivity index (χ0v) is 15.6. The first-order valence-electron chi connectivity index (χ1n) is 8.42. The van der Waals surface area contributed by atoms with Crippen LogP contribution in [-0.4, -0.2) is 28.1 Å².